The van der Waals surface area contributed by atoms with Gasteiger partial charge in [-0.3, -0.25) is 0 Å². The molecule has 1 rings (SSSR count). The van der Waals surface area contributed by atoms with Crippen LogP contribution >= 0.6 is 34.8 Å². The highest BCUT2D eigenvalue weighted by atomic mass is 35.5. The maximum absolute atomic E-state index is 11.4. The topological polar surface area (TPSA) is 63.2 Å². The molecule has 0 aromatic carbocycles. The molecule has 0 aliphatic rings. The number of aromatic nitrogens is 1. The van der Waals surface area contributed by atoms with E-state index in [9.17, 15) is 4.79 Å². The Morgan fingerprint density at radius 2 is 1.90 bits per heavy atom. The lowest BCUT2D eigenvalue weighted by Gasteiger charge is -2.19. The largest absolute Gasteiger partial charge is 0.444 e. The molecule has 0 spiro atoms. The third kappa shape index (κ3) is 7.07. The monoisotopic (exact) mass is 353 g/mol. The van der Waals surface area contributed by atoms with Crippen molar-refractivity contribution in [3.05, 3.63) is 21.3 Å². The van der Waals surface area contributed by atoms with Crippen LogP contribution in [0.1, 0.15) is 27.2 Å². The summed E-state index contributed by atoms with van der Waals surface area (Å²) in [6.07, 6.45) is 0.241. The average Bonchev–Trinajstić information content (AvgIpc) is 2.32. The summed E-state index contributed by atoms with van der Waals surface area (Å²) in [6.45, 7) is 6.48. The molecule has 0 unspecified atom stereocenters. The van der Waals surface area contributed by atoms with Gasteiger partial charge in [0, 0.05) is 13.1 Å². The van der Waals surface area contributed by atoms with Crippen molar-refractivity contribution in [1.29, 1.82) is 0 Å². The lowest BCUT2D eigenvalue weighted by Crippen LogP contribution is -2.33. The standard InChI is InChI=1S/C13H18Cl3N3O2/c1-13(2,3)21-12(20)18-6-4-5-17-11-9(15)7-8(14)10(16)19-11/h7H,4-6H2,1-3H3,(H,17,19)(H,18,20). The molecular formula is C13H18Cl3N3O2. The summed E-state index contributed by atoms with van der Waals surface area (Å²) in [6, 6.07) is 1.53. The van der Waals surface area contributed by atoms with Crippen molar-refractivity contribution in [3.8, 4) is 0 Å². The molecule has 1 heterocycles. The van der Waals surface area contributed by atoms with Crippen LogP contribution in [0.25, 0.3) is 0 Å². The number of hydrogen-bond donors (Lipinski definition) is 2. The Hall–Kier alpha value is -0.910. The van der Waals surface area contributed by atoms with E-state index in [1.807, 2.05) is 20.8 Å². The van der Waals surface area contributed by atoms with Gasteiger partial charge >= 0.3 is 6.09 Å². The molecule has 0 aliphatic heterocycles. The number of halogens is 3. The van der Waals surface area contributed by atoms with Gasteiger partial charge in [-0.2, -0.15) is 0 Å². The van der Waals surface area contributed by atoms with Crippen LogP contribution in [0.15, 0.2) is 6.07 Å². The summed E-state index contributed by atoms with van der Waals surface area (Å²) in [5, 5.41) is 6.57. The molecule has 8 heteroatoms. The average molecular weight is 355 g/mol. The molecule has 0 radical (unpaired) electrons. The van der Waals surface area contributed by atoms with Crippen LogP contribution < -0.4 is 10.6 Å². The van der Waals surface area contributed by atoms with Gasteiger partial charge in [0.1, 0.15) is 16.6 Å². The van der Waals surface area contributed by atoms with Crippen LogP contribution in [0.2, 0.25) is 15.2 Å². The van der Waals surface area contributed by atoms with Crippen molar-refractivity contribution in [3.63, 3.8) is 0 Å². The van der Waals surface area contributed by atoms with Crippen molar-refractivity contribution in [2.24, 2.45) is 0 Å². The summed E-state index contributed by atoms with van der Waals surface area (Å²) in [7, 11) is 0. The van der Waals surface area contributed by atoms with Crippen molar-refractivity contribution in [1.82, 2.24) is 10.3 Å². The Bertz CT molecular complexity index is 504. The van der Waals surface area contributed by atoms with Gasteiger partial charge < -0.3 is 15.4 Å². The Labute approximate surface area is 139 Å². The Balaban J connectivity index is 2.29. The molecule has 0 atom stereocenters. The summed E-state index contributed by atoms with van der Waals surface area (Å²) in [5.74, 6) is 0.461. The van der Waals surface area contributed by atoms with E-state index >= 15 is 0 Å². The minimum Gasteiger partial charge on any atom is -0.444 e. The highest BCUT2D eigenvalue weighted by Crippen LogP contribution is 2.28. The SMILES string of the molecule is CC(C)(C)OC(=O)NCCCNc1nc(Cl)c(Cl)cc1Cl. The number of nitrogens with zero attached hydrogens (tertiary/aromatic N) is 1. The van der Waals surface area contributed by atoms with E-state index in [1.54, 1.807) is 0 Å². The van der Waals surface area contributed by atoms with Crippen LogP contribution in [0.5, 0.6) is 0 Å². The fourth-order valence-electron chi connectivity index (χ4n) is 1.37. The lowest BCUT2D eigenvalue weighted by molar-refractivity contribution is 0.0528. The minimum absolute atomic E-state index is 0.190. The number of nitrogens with one attached hydrogen (secondary N) is 2. The zero-order valence-corrected chi connectivity index (χ0v) is 14.4. The smallest absolute Gasteiger partial charge is 0.407 e. The summed E-state index contributed by atoms with van der Waals surface area (Å²) in [5.41, 5.74) is -0.500. The molecule has 2 N–H and O–H groups in total. The van der Waals surface area contributed by atoms with Crippen LogP contribution in [0.4, 0.5) is 10.6 Å². The molecule has 0 fully saturated rings. The van der Waals surface area contributed by atoms with E-state index in [2.05, 4.69) is 15.6 Å². The fourth-order valence-corrected chi connectivity index (χ4v) is 1.93. The first-order valence-corrected chi connectivity index (χ1v) is 7.54. The molecule has 21 heavy (non-hydrogen) atoms. The first-order chi connectivity index (χ1) is 9.69. The van der Waals surface area contributed by atoms with E-state index in [4.69, 9.17) is 39.5 Å². The minimum atomic E-state index is -0.500. The van der Waals surface area contributed by atoms with Crippen LogP contribution in [-0.4, -0.2) is 29.8 Å². The number of anilines is 1. The second-order valence-electron chi connectivity index (χ2n) is 5.30. The van der Waals surface area contributed by atoms with Crippen molar-refractivity contribution >= 4 is 46.7 Å². The quantitative estimate of drug-likeness (QED) is 0.609. The molecule has 0 bridgehead atoms. The molecule has 0 saturated heterocycles. The number of amides is 1. The number of rotatable bonds is 5. The van der Waals surface area contributed by atoms with Gasteiger partial charge in [-0.25, -0.2) is 9.78 Å². The van der Waals surface area contributed by atoms with Gasteiger partial charge in [0.05, 0.1) is 10.0 Å². The van der Waals surface area contributed by atoms with Gasteiger partial charge in [0.2, 0.25) is 0 Å². The van der Waals surface area contributed by atoms with E-state index in [0.29, 0.717) is 35.4 Å². The molecule has 118 valence electrons. The summed E-state index contributed by atoms with van der Waals surface area (Å²) >= 11 is 17.6. The predicted octanol–water partition coefficient (Wildman–Crippen LogP) is 4.37. The van der Waals surface area contributed by atoms with Crippen LogP contribution in [-0.2, 0) is 4.74 Å². The van der Waals surface area contributed by atoms with Crippen LogP contribution in [0, 0.1) is 0 Å². The first-order valence-electron chi connectivity index (χ1n) is 6.41. The molecule has 0 saturated carbocycles. The number of carbonyl (C=O) groups is 1. The molecule has 5 nitrogen and oxygen atoms in total. The molecule has 1 aromatic rings. The number of carbonyl (C=O) groups excluding carboxylic acids is 1. The lowest BCUT2D eigenvalue weighted by atomic mass is 10.2. The maximum atomic E-state index is 11.4. The maximum Gasteiger partial charge on any atom is 0.407 e. The Morgan fingerprint density at radius 1 is 1.24 bits per heavy atom. The van der Waals surface area contributed by atoms with Gasteiger partial charge in [0.25, 0.3) is 0 Å². The number of ether oxygens (including phenoxy) is 1. The Morgan fingerprint density at radius 3 is 2.52 bits per heavy atom. The van der Waals surface area contributed by atoms with E-state index in [0.717, 1.165) is 0 Å². The Kier molecular flexibility index (Phi) is 6.84. The van der Waals surface area contributed by atoms with Crippen molar-refractivity contribution in [2.45, 2.75) is 32.8 Å². The van der Waals surface area contributed by atoms with E-state index in [1.165, 1.54) is 6.07 Å². The zero-order valence-electron chi connectivity index (χ0n) is 12.1. The highest BCUT2D eigenvalue weighted by molar-refractivity contribution is 6.42. The van der Waals surface area contributed by atoms with Crippen molar-refractivity contribution < 1.29 is 9.53 Å². The number of hydrogen-bond acceptors (Lipinski definition) is 4. The fraction of sp³-hybridized carbons (Fsp3) is 0.538. The third-order valence-electron chi connectivity index (χ3n) is 2.20. The first kappa shape index (κ1) is 18.1. The highest BCUT2D eigenvalue weighted by Gasteiger charge is 2.15. The van der Waals surface area contributed by atoms with Gasteiger partial charge in [-0.15, -0.1) is 0 Å². The van der Waals surface area contributed by atoms with E-state index in [-0.39, 0.29) is 5.15 Å². The predicted molar refractivity (Wildman–Crippen MR) is 86.6 cm³/mol. The molecule has 0 aliphatic carbocycles. The van der Waals surface area contributed by atoms with Gasteiger partial charge in [0.15, 0.2) is 0 Å². The summed E-state index contributed by atoms with van der Waals surface area (Å²) in [4.78, 5) is 15.4. The second kappa shape index (κ2) is 7.92. The van der Waals surface area contributed by atoms with Crippen molar-refractivity contribution in [2.75, 3.05) is 18.4 Å². The number of pyridine rings is 1. The second-order valence-corrected chi connectivity index (χ2v) is 6.47. The van der Waals surface area contributed by atoms with Crippen LogP contribution in [0.3, 0.4) is 0 Å². The summed E-state index contributed by atoms with van der Waals surface area (Å²) < 4.78 is 5.11. The zero-order chi connectivity index (χ0) is 16.0. The molecule has 1 amide bonds. The third-order valence-corrected chi connectivity index (χ3v) is 3.16. The molecular weight excluding hydrogens is 337 g/mol. The van der Waals surface area contributed by atoms with Gasteiger partial charge in [-0.1, -0.05) is 34.8 Å². The normalized spacial score (nSPS) is 11.1. The van der Waals surface area contributed by atoms with Gasteiger partial charge in [-0.05, 0) is 33.3 Å². The molecule has 1 aromatic heterocycles. The number of alkyl carbamates (subject to hydrolysis) is 1. The van der Waals surface area contributed by atoms with E-state index < -0.39 is 11.7 Å².